The topological polar surface area (TPSA) is 58.4 Å². The number of nitrogens with one attached hydrogen (secondary N) is 1. The maximum atomic E-state index is 12.0. The Hall–Kier alpha value is -2.49. The summed E-state index contributed by atoms with van der Waals surface area (Å²) in [6, 6.07) is 17.0. The zero-order valence-electron chi connectivity index (χ0n) is 11.5. The Morgan fingerprint density at radius 3 is 2.35 bits per heavy atom. The first-order chi connectivity index (χ1) is 9.69. The summed E-state index contributed by atoms with van der Waals surface area (Å²) in [5, 5.41) is 2.88. The summed E-state index contributed by atoms with van der Waals surface area (Å²) in [5.74, 6) is -0.0325. The van der Waals surface area contributed by atoms with Crippen LogP contribution in [0, 0.1) is 0 Å². The van der Waals surface area contributed by atoms with Gasteiger partial charge in [-0.2, -0.15) is 0 Å². The molecule has 0 aliphatic rings. The van der Waals surface area contributed by atoms with E-state index in [0.717, 1.165) is 23.6 Å². The average Bonchev–Trinajstić information content (AvgIpc) is 2.47. The van der Waals surface area contributed by atoms with Gasteiger partial charge in [0, 0.05) is 23.6 Å². The Labute approximate surface area is 119 Å². The number of nitrogens with zero attached hydrogens (tertiary/aromatic N) is 1. The Bertz CT molecular complexity index is 552. The van der Waals surface area contributed by atoms with Gasteiger partial charge in [-0.1, -0.05) is 18.2 Å². The number of para-hydroxylation sites is 1. The van der Waals surface area contributed by atoms with Crippen molar-refractivity contribution in [1.29, 1.82) is 0 Å². The molecule has 0 heterocycles. The Kier molecular flexibility index (Phi) is 4.60. The largest absolute Gasteiger partial charge is 0.399 e. The molecule has 0 atom stereocenters. The van der Waals surface area contributed by atoms with Crippen LogP contribution in [-0.2, 0) is 4.79 Å². The van der Waals surface area contributed by atoms with Gasteiger partial charge in [-0.3, -0.25) is 4.79 Å². The van der Waals surface area contributed by atoms with Gasteiger partial charge in [0.2, 0.25) is 5.91 Å². The molecule has 2 aromatic rings. The lowest BCUT2D eigenvalue weighted by Crippen LogP contribution is -2.33. The predicted molar refractivity (Wildman–Crippen MR) is 83.8 cm³/mol. The fourth-order valence-electron chi connectivity index (χ4n) is 1.97. The molecule has 0 saturated carbocycles. The van der Waals surface area contributed by atoms with Crippen LogP contribution in [0.2, 0.25) is 0 Å². The van der Waals surface area contributed by atoms with Crippen molar-refractivity contribution in [2.24, 2.45) is 0 Å². The van der Waals surface area contributed by atoms with Gasteiger partial charge in [0.05, 0.1) is 6.54 Å². The number of carbonyl (C=O) groups is 1. The van der Waals surface area contributed by atoms with Crippen molar-refractivity contribution in [2.45, 2.75) is 6.92 Å². The molecule has 2 rings (SSSR count). The molecule has 0 fully saturated rings. The number of hydrogen-bond donors (Lipinski definition) is 2. The van der Waals surface area contributed by atoms with Crippen molar-refractivity contribution in [3.8, 4) is 0 Å². The molecule has 0 unspecified atom stereocenters. The number of amides is 1. The highest BCUT2D eigenvalue weighted by Gasteiger charge is 2.10. The number of hydrogen-bond acceptors (Lipinski definition) is 3. The number of carbonyl (C=O) groups excluding carboxylic acids is 1. The van der Waals surface area contributed by atoms with Crippen LogP contribution in [0.4, 0.5) is 17.1 Å². The van der Waals surface area contributed by atoms with Crippen LogP contribution in [0.1, 0.15) is 6.92 Å². The van der Waals surface area contributed by atoms with Crippen LogP contribution >= 0.6 is 0 Å². The zero-order valence-corrected chi connectivity index (χ0v) is 11.5. The third-order valence-electron chi connectivity index (χ3n) is 3.03. The lowest BCUT2D eigenvalue weighted by atomic mass is 10.2. The van der Waals surface area contributed by atoms with Crippen molar-refractivity contribution < 1.29 is 4.79 Å². The molecule has 4 heteroatoms. The third kappa shape index (κ3) is 3.75. The first kappa shape index (κ1) is 13.9. The number of likely N-dealkylation sites (N-methyl/N-ethyl adjacent to an activating group) is 1. The predicted octanol–water partition coefficient (Wildman–Crippen LogP) is 2.73. The van der Waals surface area contributed by atoms with Gasteiger partial charge >= 0.3 is 0 Å². The van der Waals surface area contributed by atoms with Gasteiger partial charge in [0.15, 0.2) is 0 Å². The number of rotatable bonds is 5. The second kappa shape index (κ2) is 6.61. The lowest BCUT2D eigenvalue weighted by Gasteiger charge is -2.22. The molecule has 0 aliphatic carbocycles. The van der Waals surface area contributed by atoms with Gasteiger partial charge in [-0.05, 0) is 43.3 Å². The van der Waals surface area contributed by atoms with E-state index in [1.54, 1.807) is 0 Å². The van der Waals surface area contributed by atoms with E-state index in [4.69, 9.17) is 5.73 Å². The molecule has 20 heavy (non-hydrogen) atoms. The summed E-state index contributed by atoms with van der Waals surface area (Å²) in [6.07, 6.45) is 0. The normalized spacial score (nSPS) is 10.1. The minimum Gasteiger partial charge on any atom is -0.399 e. The molecule has 0 aromatic heterocycles. The average molecular weight is 269 g/mol. The van der Waals surface area contributed by atoms with Crippen LogP contribution in [0.25, 0.3) is 0 Å². The van der Waals surface area contributed by atoms with E-state index in [1.807, 2.05) is 66.4 Å². The molecule has 0 saturated heterocycles. The lowest BCUT2D eigenvalue weighted by molar-refractivity contribution is -0.115. The highest BCUT2D eigenvalue weighted by molar-refractivity contribution is 5.94. The van der Waals surface area contributed by atoms with E-state index < -0.39 is 0 Å². The van der Waals surface area contributed by atoms with Crippen molar-refractivity contribution in [1.82, 2.24) is 0 Å². The molecule has 0 bridgehead atoms. The summed E-state index contributed by atoms with van der Waals surface area (Å²) in [5.41, 5.74) is 8.20. The van der Waals surface area contributed by atoms with E-state index in [9.17, 15) is 4.79 Å². The summed E-state index contributed by atoms with van der Waals surface area (Å²) in [4.78, 5) is 14.0. The molecule has 0 spiro atoms. The highest BCUT2D eigenvalue weighted by Crippen LogP contribution is 2.16. The second-order valence-corrected chi connectivity index (χ2v) is 4.52. The van der Waals surface area contributed by atoms with E-state index in [2.05, 4.69) is 5.32 Å². The van der Waals surface area contributed by atoms with Crippen molar-refractivity contribution >= 4 is 23.0 Å². The van der Waals surface area contributed by atoms with Gasteiger partial charge in [0.25, 0.3) is 0 Å². The van der Waals surface area contributed by atoms with Gasteiger partial charge in [0.1, 0.15) is 0 Å². The standard InChI is InChI=1S/C16H19N3O/c1-2-19(15-10-8-13(17)9-11-15)12-16(20)18-14-6-4-3-5-7-14/h3-11H,2,12,17H2,1H3,(H,18,20). The van der Waals surface area contributed by atoms with Crippen LogP contribution < -0.4 is 16.0 Å². The van der Waals surface area contributed by atoms with Crippen molar-refractivity contribution in [2.75, 3.05) is 29.0 Å². The Balaban J connectivity index is 1.99. The molecular weight excluding hydrogens is 250 g/mol. The van der Waals surface area contributed by atoms with Crippen molar-refractivity contribution in [3.63, 3.8) is 0 Å². The quantitative estimate of drug-likeness (QED) is 0.821. The molecule has 2 aromatic carbocycles. The summed E-state index contributed by atoms with van der Waals surface area (Å²) in [6.45, 7) is 3.09. The Morgan fingerprint density at radius 1 is 1.10 bits per heavy atom. The highest BCUT2D eigenvalue weighted by atomic mass is 16.2. The van der Waals surface area contributed by atoms with Crippen LogP contribution in [0.3, 0.4) is 0 Å². The number of benzene rings is 2. The molecule has 0 aliphatic heterocycles. The minimum absolute atomic E-state index is 0.0325. The number of nitrogens with two attached hydrogens (primary N) is 1. The van der Waals surface area contributed by atoms with Gasteiger partial charge in [-0.15, -0.1) is 0 Å². The molecule has 3 N–H and O–H groups in total. The van der Waals surface area contributed by atoms with E-state index in [0.29, 0.717) is 6.54 Å². The molecular formula is C16H19N3O. The van der Waals surface area contributed by atoms with E-state index in [-0.39, 0.29) is 5.91 Å². The Morgan fingerprint density at radius 2 is 1.75 bits per heavy atom. The summed E-state index contributed by atoms with van der Waals surface area (Å²) < 4.78 is 0. The molecule has 1 amide bonds. The smallest absolute Gasteiger partial charge is 0.243 e. The van der Waals surface area contributed by atoms with Crippen molar-refractivity contribution in [3.05, 3.63) is 54.6 Å². The molecule has 4 nitrogen and oxygen atoms in total. The fourth-order valence-corrected chi connectivity index (χ4v) is 1.97. The SMILES string of the molecule is CCN(CC(=O)Nc1ccccc1)c1ccc(N)cc1. The van der Waals surface area contributed by atoms with Gasteiger partial charge in [-0.25, -0.2) is 0 Å². The number of anilines is 3. The van der Waals surface area contributed by atoms with E-state index in [1.165, 1.54) is 0 Å². The third-order valence-corrected chi connectivity index (χ3v) is 3.03. The number of nitrogen functional groups attached to an aromatic ring is 1. The summed E-state index contributed by atoms with van der Waals surface area (Å²) in [7, 11) is 0. The van der Waals surface area contributed by atoms with Crippen LogP contribution in [0.15, 0.2) is 54.6 Å². The second-order valence-electron chi connectivity index (χ2n) is 4.52. The first-order valence-electron chi connectivity index (χ1n) is 6.64. The maximum absolute atomic E-state index is 12.0. The first-order valence-corrected chi connectivity index (χ1v) is 6.64. The minimum atomic E-state index is -0.0325. The molecule has 104 valence electrons. The van der Waals surface area contributed by atoms with Gasteiger partial charge < -0.3 is 16.0 Å². The van der Waals surface area contributed by atoms with E-state index >= 15 is 0 Å². The zero-order chi connectivity index (χ0) is 14.4. The maximum Gasteiger partial charge on any atom is 0.243 e. The summed E-state index contributed by atoms with van der Waals surface area (Å²) >= 11 is 0. The van der Waals surface area contributed by atoms with Crippen LogP contribution in [-0.4, -0.2) is 19.0 Å². The van der Waals surface area contributed by atoms with Crippen LogP contribution in [0.5, 0.6) is 0 Å². The monoisotopic (exact) mass is 269 g/mol. The molecule has 0 radical (unpaired) electrons. The fraction of sp³-hybridized carbons (Fsp3) is 0.188.